The van der Waals surface area contributed by atoms with Gasteiger partial charge in [0.15, 0.2) is 0 Å². The normalized spacial score (nSPS) is 16.0. The fraction of sp³-hybridized carbons (Fsp3) is 0.370. The number of hydrogen-bond donors (Lipinski definition) is 0. The second kappa shape index (κ2) is 15.6. The van der Waals surface area contributed by atoms with Crippen molar-refractivity contribution in [2.45, 2.75) is 96.0 Å². The van der Waals surface area contributed by atoms with Gasteiger partial charge in [-0.25, -0.2) is 0 Å². The van der Waals surface area contributed by atoms with Crippen molar-refractivity contribution in [3.05, 3.63) is 150 Å². The van der Waals surface area contributed by atoms with Crippen LogP contribution in [0.4, 0.5) is 26.3 Å². The van der Waals surface area contributed by atoms with E-state index in [1.165, 1.54) is 15.4 Å². The van der Waals surface area contributed by atoms with Crippen LogP contribution in [0.15, 0.2) is 106 Å². The molecule has 1 unspecified atom stereocenters. The van der Waals surface area contributed by atoms with E-state index in [0.29, 0.717) is 14.3 Å². The van der Waals surface area contributed by atoms with Crippen molar-refractivity contribution in [1.82, 2.24) is 0 Å². The van der Waals surface area contributed by atoms with E-state index in [2.05, 4.69) is 111 Å². The molecule has 9 heteroatoms. The van der Waals surface area contributed by atoms with E-state index in [-0.39, 0.29) is 50.6 Å². The maximum Gasteiger partial charge on any atom is -0.147 e. The van der Waals surface area contributed by atoms with Crippen molar-refractivity contribution >= 4 is 28.0 Å². The molecule has 294 valence electrons. The fourth-order valence-electron chi connectivity index (χ4n) is 7.84. The number of benzene rings is 4. The molecule has 0 saturated carbocycles. The topological polar surface area (TPSA) is 0 Å². The number of alkyl halides is 6. The van der Waals surface area contributed by atoms with Crippen molar-refractivity contribution in [2.75, 3.05) is 0 Å². The van der Waals surface area contributed by atoms with Crippen LogP contribution in [-0.2, 0) is 44.4 Å². The van der Waals surface area contributed by atoms with Crippen molar-refractivity contribution in [2.24, 2.45) is 11.3 Å². The van der Waals surface area contributed by atoms with E-state index in [0.717, 1.165) is 63.2 Å². The zero-order valence-corrected chi connectivity index (χ0v) is 37.1. The molecule has 0 N–H and O–H groups in total. The first-order chi connectivity index (χ1) is 24.4. The molecule has 6 rings (SSSR count). The summed E-state index contributed by atoms with van der Waals surface area (Å²) in [6.07, 6.45) is -4.80. The van der Waals surface area contributed by atoms with Crippen LogP contribution in [0, 0.1) is 11.3 Å². The number of rotatable bonds is 4. The molecule has 2 aliphatic carbocycles. The summed E-state index contributed by atoms with van der Waals surface area (Å²) in [7, 11) is 0. The third-order valence-corrected chi connectivity index (χ3v) is 19.0. The average Bonchev–Trinajstić information content (AvgIpc) is 3.59. The number of fused-ring (bicyclic) bond motifs is 3. The molecular weight excluding hydrogens is 829 g/mol. The van der Waals surface area contributed by atoms with Gasteiger partial charge in [0.1, 0.15) is 0 Å². The summed E-state index contributed by atoms with van der Waals surface area (Å²) < 4.78 is 88.4. The van der Waals surface area contributed by atoms with Crippen LogP contribution in [0.1, 0.15) is 117 Å². The Morgan fingerprint density at radius 3 is 1.33 bits per heavy atom. The molecule has 0 bridgehead atoms. The van der Waals surface area contributed by atoms with Crippen LogP contribution in [0.5, 0.6) is 0 Å². The van der Waals surface area contributed by atoms with Crippen LogP contribution < -0.4 is 0 Å². The quantitative estimate of drug-likeness (QED) is 0.179. The first-order valence-corrected chi connectivity index (χ1v) is 22.0. The summed E-state index contributed by atoms with van der Waals surface area (Å²) in [5.41, 5.74) is 6.12. The molecule has 1 atom stereocenters. The fourth-order valence-corrected chi connectivity index (χ4v) is 18.1. The number of halogens is 8. The zero-order chi connectivity index (χ0) is 39.1. The zero-order valence-electron chi connectivity index (χ0n) is 33.0. The van der Waals surface area contributed by atoms with Gasteiger partial charge in [0.25, 0.3) is 0 Å². The van der Waals surface area contributed by atoms with Gasteiger partial charge in [-0.2, -0.15) is 0 Å². The van der Waals surface area contributed by atoms with Gasteiger partial charge in [-0.1, -0.05) is 0 Å². The standard InChI is InChI=1S/C21H25.C15H8F6.C10H15.2ClH.Zr/c1-20(2,3)16-7-9-18-14(12-16)11-15-13-17(21(4,5)6)8-10-19(15)18;16-14(17,18)12-5-1-3-10(8-12)7-11-4-2-6-13(9-11)15(19,20)21;1-8-5-6-9(7-8)10(2,3)4;;;/h7-13H,1-6H3;1-6,8-9H;5,7,9H,1-4H3;2*1H;. The molecule has 0 amide bonds. The van der Waals surface area contributed by atoms with Crippen LogP contribution in [0.2, 0.25) is 0 Å². The minimum Gasteiger partial charge on any atom is -0.147 e. The predicted octanol–water partition coefficient (Wildman–Crippen LogP) is 14.6. The van der Waals surface area contributed by atoms with Gasteiger partial charge in [0, 0.05) is 0 Å². The SMILES string of the molecule is CC1=CC(C(C)(C)C)[C]([Zr](=[C](c2cccc(C(F)(F)F)c2)c2cccc(C(F)(F)F)c2)[CH]2c3cc(C(C)(C)C)ccc3-c3ccc(C(C)(C)C)cc32)=C1.Cl.Cl. The van der Waals surface area contributed by atoms with Gasteiger partial charge in [-0.3, -0.25) is 0 Å². The van der Waals surface area contributed by atoms with Crippen LogP contribution in [0.3, 0.4) is 0 Å². The summed E-state index contributed by atoms with van der Waals surface area (Å²) in [5, 5.41) is 0. The Labute approximate surface area is 342 Å². The molecule has 4 aromatic rings. The average molecular weight is 879 g/mol. The summed E-state index contributed by atoms with van der Waals surface area (Å²) in [6, 6.07) is 23.7. The van der Waals surface area contributed by atoms with E-state index >= 15 is 0 Å². The van der Waals surface area contributed by atoms with Crippen molar-refractivity contribution in [1.29, 1.82) is 0 Å². The Balaban J connectivity index is 0.00000336. The van der Waals surface area contributed by atoms with Gasteiger partial charge in [-0.05, 0) is 0 Å². The van der Waals surface area contributed by atoms with E-state index < -0.39 is 44.7 Å². The Bertz CT molecular complexity index is 2060. The van der Waals surface area contributed by atoms with Gasteiger partial charge in [0.2, 0.25) is 0 Å². The molecule has 0 nitrogen and oxygen atoms in total. The molecule has 4 aromatic carbocycles. The monoisotopic (exact) mass is 876 g/mol. The number of hydrogen-bond acceptors (Lipinski definition) is 0. The first-order valence-electron chi connectivity index (χ1n) is 18.1. The summed E-state index contributed by atoms with van der Waals surface area (Å²) in [5.74, 6) is -0.0485. The van der Waals surface area contributed by atoms with E-state index in [1.54, 1.807) is 12.1 Å². The van der Waals surface area contributed by atoms with Crippen molar-refractivity contribution in [3.63, 3.8) is 0 Å². The Morgan fingerprint density at radius 1 is 0.545 bits per heavy atom. The molecule has 0 aromatic heterocycles. The molecule has 0 fully saturated rings. The van der Waals surface area contributed by atoms with Gasteiger partial charge in [-0.15, -0.1) is 24.8 Å². The minimum absolute atomic E-state index is 0. The predicted molar refractivity (Wildman–Crippen MR) is 217 cm³/mol. The summed E-state index contributed by atoms with van der Waals surface area (Å²) in [6.45, 7) is 21.5. The van der Waals surface area contributed by atoms with Gasteiger partial charge >= 0.3 is 320 Å². The molecule has 0 radical (unpaired) electrons. The molecule has 0 heterocycles. The third-order valence-electron chi connectivity index (χ3n) is 10.7. The largest absolute Gasteiger partial charge is 0.147 e. The summed E-state index contributed by atoms with van der Waals surface area (Å²) in [4.78, 5) is 0. The smallest absolute Gasteiger partial charge is 0.147 e. The van der Waals surface area contributed by atoms with Gasteiger partial charge < -0.3 is 0 Å². The number of allylic oxidation sites excluding steroid dienone is 4. The second-order valence-electron chi connectivity index (χ2n) is 17.8. The molecular formula is C46H50Cl2F6Zr. The molecule has 2 aliphatic rings. The van der Waals surface area contributed by atoms with Crippen molar-refractivity contribution < 1.29 is 47.6 Å². The van der Waals surface area contributed by atoms with Crippen molar-refractivity contribution in [3.8, 4) is 11.1 Å². The summed E-state index contributed by atoms with van der Waals surface area (Å²) >= 11 is -3.82. The maximum absolute atomic E-state index is 14.5. The molecule has 0 saturated heterocycles. The van der Waals surface area contributed by atoms with Gasteiger partial charge in [0.05, 0.1) is 0 Å². The first kappa shape index (κ1) is 45.0. The Hall–Kier alpha value is -2.73. The molecule has 55 heavy (non-hydrogen) atoms. The molecule has 0 spiro atoms. The maximum atomic E-state index is 14.5. The van der Waals surface area contributed by atoms with Crippen LogP contribution >= 0.6 is 24.8 Å². The van der Waals surface area contributed by atoms with Crippen LogP contribution in [-0.4, -0.2) is 3.21 Å². The Morgan fingerprint density at radius 2 is 0.964 bits per heavy atom. The van der Waals surface area contributed by atoms with Crippen LogP contribution in [0.25, 0.3) is 11.1 Å². The van der Waals surface area contributed by atoms with E-state index in [4.69, 9.17) is 0 Å². The van der Waals surface area contributed by atoms with E-state index in [1.807, 2.05) is 6.92 Å². The second-order valence-corrected chi connectivity index (χ2v) is 23.9. The minimum atomic E-state index is -4.63. The van der Waals surface area contributed by atoms with E-state index in [9.17, 15) is 26.3 Å². The molecule has 0 aliphatic heterocycles. The Kier molecular flexibility index (Phi) is 12.7. The third kappa shape index (κ3) is 9.05.